The fourth-order valence-electron chi connectivity index (χ4n) is 9.55. The summed E-state index contributed by atoms with van der Waals surface area (Å²) in [6, 6.07) is 20.7. The van der Waals surface area contributed by atoms with Crippen molar-refractivity contribution in [3.05, 3.63) is 120 Å². The van der Waals surface area contributed by atoms with E-state index in [9.17, 15) is 35.5 Å². The summed E-state index contributed by atoms with van der Waals surface area (Å²) >= 11 is 0. The standard InChI is InChI=1S/C53H66N6O8S2/c1-7-33-56(40(2)60)39-50-55-44-24-16-18-26-47(44)59(50)35-20-9-8-19-32-54-51(61)29-14-11-21-34-57-46-31-30-41(69(65,66)67)38-43(46)53(5,6)49(57)28-13-10-12-27-48-52(3,4)42-23-15-17-25-45(42)58(48)36-22-37-68(62,63)64/h1,10,12-13,15-18,23-28,30-31,38H,8-9,11,14,19-22,29,32-37,39H2,2-6H3,(H2-,54,61,62,63,64,65,66,67)/p+1. The fourth-order valence-corrected chi connectivity index (χ4v) is 10.6. The minimum Gasteiger partial charge on any atom is -0.356 e. The third-order valence-corrected chi connectivity index (χ3v) is 14.8. The Morgan fingerprint density at radius 3 is 2.29 bits per heavy atom. The van der Waals surface area contributed by atoms with Crippen molar-refractivity contribution in [3.8, 4) is 12.3 Å². The molecule has 368 valence electrons. The van der Waals surface area contributed by atoms with Crippen LogP contribution in [0, 0.1) is 12.3 Å². The number of terminal acetylenes is 1. The van der Waals surface area contributed by atoms with E-state index < -0.39 is 25.7 Å². The molecular formula is C53H67N6O8S2+. The molecular weight excluding hydrogens is 913 g/mol. The zero-order valence-corrected chi connectivity index (χ0v) is 42.2. The lowest BCUT2D eigenvalue weighted by Gasteiger charge is -2.27. The van der Waals surface area contributed by atoms with Crippen LogP contribution in [0.5, 0.6) is 0 Å². The third-order valence-electron chi connectivity index (χ3n) is 13.2. The normalized spacial score (nSPS) is 15.9. The lowest BCUT2D eigenvalue weighted by Crippen LogP contribution is -2.30. The average Bonchev–Trinajstić information content (AvgIpc) is 3.82. The van der Waals surface area contributed by atoms with Crippen LogP contribution in [-0.2, 0) is 53.7 Å². The number of fused-ring (bicyclic) bond motifs is 3. The van der Waals surface area contributed by atoms with Crippen LogP contribution in [-0.4, -0.2) is 94.4 Å². The van der Waals surface area contributed by atoms with E-state index in [2.05, 4.69) is 45.2 Å². The van der Waals surface area contributed by atoms with E-state index in [0.29, 0.717) is 32.6 Å². The first-order chi connectivity index (χ1) is 32.7. The van der Waals surface area contributed by atoms with E-state index in [1.54, 1.807) is 17.0 Å². The van der Waals surface area contributed by atoms with Gasteiger partial charge in [-0.25, -0.2) is 4.98 Å². The van der Waals surface area contributed by atoms with Gasteiger partial charge >= 0.3 is 0 Å². The zero-order chi connectivity index (χ0) is 50.0. The highest BCUT2D eigenvalue weighted by Crippen LogP contribution is 2.48. The molecule has 16 heteroatoms. The lowest BCUT2D eigenvalue weighted by molar-refractivity contribution is -0.437. The van der Waals surface area contributed by atoms with Crippen molar-refractivity contribution >= 4 is 60.2 Å². The maximum atomic E-state index is 12.8. The number of nitrogens with one attached hydrogen (secondary N) is 1. The minimum absolute atomic E-state index is 0.0277. The zero-order valence-electron chi connectivity index (χ0n) is 40.5. The number of benzene rings is 3. The number of aryl methyl sites for hydroxylation is 1. The number of para-hydroxylation sites is 3. The molecule has 0 saturated carbocycles. The van der Waals surface area contributed by atoms with Gasteiger partial charge in [0.25, 0.3) is 20.2 Å². The maximum Gasteiger partial charge on any atom is 0.294 e. The molecule has 2 amide bonds. The minimum atomic E-state index is -4.42. The number of aromatic nitrogens is 2. The molecule has 0 unspecified atom stereocenters. The van der Waals surface area contributed by atoms with Crippen molar-refractivity contribution in [2.45, 2.75) is 121 Å². The second kappa shape index (κ2) is 22.7. The Hall–Kier alpha value is -5.86. The van der Waals surface area contributed by atoms with E-state index >= 15 is 0 Å². The summed E-state index contributed by atoms with van der Waals surface area (Å²) in [6.45, 7) is 12.8. The molecule has 0 atom stereocenters. The average molecular weight is 980 g/mol. The molecule has 69 heavy (non-hydrogen) atoms. The van der Waals surface area contributed by atoms with Crippen LogP contribution in [0.1, 0.15) is 109 Å². The van der Waals surface area contributed by atoms with Gasteiger partial charge in [0.05, 0.1) is 40.2 Å². The number of carbonyl (C=O) groups is 2. The molecule has 0 fully saturated rings. The monoisotopic (exact) mass is 979 g/mol. The first-order valence-corrected chi connectivity index (χ1v) is 26.8. The molecule has 4 aromatic rings. The van der Waals surface area contributed by atoms with E-state index in [0.717, 1.165) is 102 Å². The predicted octanol–water partition coefficient (Wildman–Crippen LogP) is 8.65. The topological polar surface area (TPSA) is 182 Å². The second-order valence-corrected chi connectivity index (χ2v) is 21.9. The highest BCUT2D eigenvalue weighted by atomic mass is 32.2. The molecule has 2 aliphatic heterocycles. The molecule has 0 bridgehead atoms. The maximum absolute atomic E-state index is 12.8. The molecule has 0 aliphatic carbocycles. The Bertz CT molecular complexity index is 2920. The smallest absolute Gasteiger partial charge is 0.294 e. The van der Waals surface area contributed by atoms with Crippen LogP contribution < -0.4 is 10.2 Å². The summed E-state index contributed by atoms with van der Waals surface area (Å²) in [5, 5.41) is 3.08. The van der Waals surface area contributed by atoms with Gasteiger partial charge in [-0.3, -0.25) is 18.7 Å². The van der Waals surface area contributed by atoms with Gasteiger partial charge in [-0.1, -0.05) is 87.6 Å². The van der Waals surface area contributed by atoms with Gasteiger partial charge in [0, 0.05) is 73.9 Å². The summed E-state index contributed by atoms with van der Waals surface area (Å²) < 4.78 is 71.0. The molecule has 3 aromatic carbocycles. The van der Waals surface area contributed by atoms with Crippen molar-refractivity contribution < 1.29 is 40.1 Å². The highest BCUT2D eigenvalue weighted by molar-refractivity contribution is 7.86. The van der Waals surface area contributed by atoms with Crippen molar-refractivity contribution in [3.63, 3.8) is 0 Å². The van der Waals surface area contributed by atoms with Crippen LogP contribution in [0.2, 0.25) is 0 Å². The second-order valence-electron chi connectivity index (χ2n) is 18.9. The number of nitrogens with zero attached hydrogens (tertiary/aromatic N) is 5. The van der Waals surface area contributed by atoms with E-state index in [4.69, 9.17) is 11.4 Å². The van der Waals surface area contributed by atoms with Crippen LogP contribution in [0.3, 0.4) is 0 Å². The van der Waals surface area contributed by atoms with Crippen molar-refractivity contribution in [2.75, 3.05) is 36.8 Å². The van der Waals surface area contributed by atoms with Gasteiger partial charge in [-0.15, -0.1) is 6.42 Å². The molecule has 3 N–H and O–H groups in total. The first-order valence-electron chi connectivity index (χ1n) is 23.8. The Balaban J connectivity index is 1.01. The summed E-state index contributed by atoms with van der Waals surface area (Å²) in [5.41, 5.74) is 6.69. The number of hydrogen-bond acceptors (Lipinski definition) is 8. The summed E-state index contributed by atoms with van der Waals surface area (Å²) in [7, 11) is -8.52. The van der Waals surface area contributed by atoms with Gasteiger partial charge in [0.1, 0.15) is 12.4 Å². The van der Waals surface area contributed by atoms with Crippen molar-refractivity contribution in [1.82, 2.24) is 19.8 Å². The van der Waals surface area contributed by atoms with Crippen molar-refractivity contribution in [1.29, 1.82) is 0 Å². The molecule has 6 rings (SSSR count). The van der Waals surface area contributed by atoms with E-state index in [-0.39, 0.29) is 40.8 Å². The van der Waals surface area contributed by atoms with Crippen molar-refractivity contribution in [2.24, 2.45) is 0 Å². The molecule has 1 aromatic heterocycles. The molecule has 0 saturated heterocycles. The fraction of sp³-hybridized carbons (Fsp3) is 0.434. The van der Waals surface area contributed by atoms with E-state index in [1.807, 2.05) is 86.7 Å². The summed E-state index contributed by atoms with van der Waals surface area (Å²) in [4.78, 5) is 33.4. The summed E-state index contributed by atoms with van der Waals surface area (Å²) in [6.07, 6.45) is 22.1. The SMILES string of the molecule is C#CCN(Cc1nc2ccccc2n1CCCCCCNC(=O)CCCCCN1/C(=C/C=C/C=C/C2=[N+](CCCS(=O)(=O)O)c3ccccc3C2(C)C)C(C)(C)c2cc(S(=O)(=O)O)ccc21)C(C)=O. The number of anilines is 1. The molecule has 2 aliphatic rings. The molecule has 3 heterocycles. The number of allylic oxidation sites excluding steroid dienone is 6. The van der Waals surface area contributed by atoms with Crippen LogP contribution in [0.15, 0.2) is 108 Å². The first kappa shape index (κ1) is 52.5. The largest absolute Gasteiger partial charge is 0.356 e. The Labute approximate surface area is 408 Å². The number of rotatable bonds is 24. The van der Waals surface area contributed by atoms with Gasteiger partial charge in [0.15, 0.2) is 5.71 Å². The lowest BCUT2D eigenvalue weighted by atomic mass is 9.81. The molecule has 0 radical (unpaired) electrons. The van der Waals surface area contributed by atoms with Crippen LogP contribution >= 0.6 is 0 Å². The number of unbranched alkanes of at least 4 members (excludes halogenated alkanes) is 5. The predicted molar refractivity (Wildman–Crippen MR) is 273 cm³/mol. The number of imidazole rings is 1. The third kappa shape index (κ3) is 13.1. The van der Waals surface area contributed by atoms with Gasteiger partial charge in [-0.05, 0) is 81.5 Å². The van der Waals surface area contributed by atoms with Gasteiger partial charge < -0.3 is 19.7 Å². The highest BCUT2D eigenvalue weighted by Gasteiger charge is 2.44. The quantitative estimate of drug-likeness (QED) is 0.0202. The Morgan fingerprint density at radius 2 is 1.55 bits per heavy atom. The number of carbonyl (C=O) groups excluding carboxylic acids is 2. The summed E-state index contributed by atoms with van der Waals surface area (Å²) in [5.74, 6) is 2.98. The number of amides is 2. The van der Waals surface area contributed by atoms with Crippen LogP contribution in [0.25, 0.3) is 11.0 Å². The van der Waals surface area contributed by atoms with Gasteiger partial charge in [0.2, 0.25) is 17.5 Å². The van der Waals surface area contributed by atoms with E-state index in [1.165, 1.54) is 13.0 Å². The van der Waals surface area contributed by atoms with Gasteiger partial charge in [-0.2, -0.15) is 21.4 Å². The Morgan fingerprint density at radius 1 is 0.841 bits per heavy atom. The van der Waals surface area contributed by atoms with Crippen LogP contribution in [0.4, 0.5) is 11.4 Å². The number of hydrogen-bond donors (Lipinski definition) is 3. The molecule has 14 nitrogen and oxygen atoms in total. The molecule has 0 spiro atoms. The Kier molecular flexibility index (Phi) is 17.3.